The van der Waals surface area contributed by atoms with Crippen LogP contribution in [0, 0.1) is 5.41 Å². The first-order valence-corrected chi connectivity index (χ1v) is 9.20. The van der Waals surface area contributed by atoms with Gasteiger partial charge in [0.2, 0.25) is 5.91 Å². The van der Waals surface area contributed by atoms with Crippen LogP contribution < -0.4 is 5.32 Å². The van der Waals surface area contributed by atoms with Crippen LogP contribution in [0.2, 0.25) is 0 Å². The third kappa shape index (κ3) is 4.48. The van der Waals surface area contributed by atoms with Crippen LogP contribution in [0.5, 0.6) is 0 Å². The number of rotatable bonds is 7. The van der Waals surface area contributed by atoms with Crippen LogP contribution in [0.25, 0.3) is 11.1 Å². The lowest BCUT2D eigenvalue weighted by Gasteiger charge is -2.36. The Morgan fingerprint density at radius 3 is 2.38 bits per heavy atom. The van der Waals surface area contributed by atoms with Crippen molar-refractivity contribution in [2.75, 3.05) is 26.4 Å². The molecular weight excluding hydrogens is 328 g/mol. The summed E-state index contributed by atoms with van der Waals surface area (Å²) in [6, 6.07) is 12.4. The second-order valence-corrected chi connectivity index (χ2v) is 6.84. The molecule has 1 aromatic carbocycles. The molecule has 2 heterocycles. The zero-order chi connectivity index (χ0) is 18.2. The Bertz CT molecular complexity index is 695. The summed E-state index contributed by atoms with van der Waals surface area (Å²) in [5.74, 6) is 0.0764. The molecule has 1 aromatic heterocycles. The van der Waals surface area contributed by atoms with Gasteiger partial charge in [-0.15, -0.1) is 0 Å². The van der Waals surface area contributed by atoms with Gasteiger partial charge < -0.3 is 15.2 Å². The number of hydrogen-bond acceptors (Lipinski definition) is 4. The average Bonchev–Trinajstić information content (AvgIpc) is 2.70. The minimum Gasteiger partial charge on any atom is -0.396 e. The fraction of sp³-hybridized carbons (Fsp3) is 0.429. The Hall–Kier alpha value is -2.24. The van der Waals surface area contributed by atoms with Gasteiger partial charge in [0.1, 0.15) is 0 Å². The molecular formula is C21H26N2O3. The summed E-state index contributed by atoms with van der Waals surface area (Å²) < 4.78 is 5.49. The summed E-state index contributed by atoms with van der Waals surface area (Å²) in [5, 5.41) is 11.9. The Balaban J connectivity index is 1.73. The molecule has 0 aliphatic carbocycles. The molecule has 5 heteroatoms. The smallest absolute Gasteiger partial charge is 0.226 e. The quantitative estimate of drug-likeness (QED) is 0.750. The SMILES string of the molecule is O=C(NCCCO)C1(Cc2ccc(-c3ccncc3)cc2)CCOCC1. The van der Waals surface area contributed by atoms with E-state index >= 15 is 0 Å². The maximum atomic E-state index is 12.8. The Kier molecular flexibility index (Phi) is 6.36. The van der Waals surface area contributed by atoms with Gasteiger partial charge in [-0.3, -0.25) is 9.78 Å². The first-order valence-electron chi connectivity index (χ1n) is 9.20. The van der Waals surface area contributed by atoms with Gasteiger partial charge in [0, 0.05) is 38.8 Å². The largest absolute Gasteiger partial charge is 0.396 e. The molecule has 0 bridgehead atoms. The van der Waals surface area contributed by atoms with Gasteiger partial charge in [-0.1, -0.05) is 24.3 Å². The summed E-state index contributed by atoms with van der Waals surface area (Å²) in [5.41, 5.74) is 3.01. The number of aliphatic hydroxyl groups excluding tert-OH is 1. The summed E-state index contributed by atoms with van der Waals surface area (Å²) in [6.07, 6.45) is 6.32. The van der Waals surface area contributed by atoms with E-state index in [1.807, 2.05) is 12.1 Å². The molecule has 2 aromatic rings. The highest BCUT2D eigenvalue weighted by Gasteiger charge is 2.39. The highest BCUT2D eigenvalue weighted by Crippen LogP contribution is 2.35. The molecule has 0 atom stereocenters. The summed E-state index contributed by atoms with van der Waals surface area (Å²) in [7, 11) is 0. The number of amides is 1. The van der Waals surface area contributed by atoms with Crippen LogP contribution in [-0.2, 0) is 16.0 Å². The van der Waals surface area contributed by atoms with E-state index in [1.165, 1.54) is 0 Å². The van der Waals surface area contributed by atoms with Crippen molar-refractivity contribution in [3.8, 4) is 11.1 Å². The maximum absolute atomic E-state index is 12.8. The summed E-state index contributed by atoms with van der Waals surface area (Å²) >= 11 is 0. The van der Waals surface area contributed by atoms with Crippen LogP contribution in [0.1, 0.15) is 24.8 Å². The number of carbonyl (C=O) groups excluding carboxylic acids is 1. The molecule has 1 fully saturated rings. The van der Waals surface area contributed by atoms with E-state index in [2.05, 4.69) is 34.6 Å². The molecule has 1 aliphatic heterocycles. The number of ether oxygens (including phenoxy) is 1. The molecule has 3 rings (SSSR count). The number of carbonyl (C=O) groups is 1. The van der Waals surface area contributed by atoms with Crippen LogP contribution in [0.4, 0.5) is 0 Å². The van der Waals surface area contributed by atoms with Gasteiger partial charge in [-0.25, -0.2) is 0 Å². The number of aliphatic hydroxyl groups is 1. The highest BCUT2D eigenvalue weighted by molar-refractivity contribution is 5.83. The van der Waals surface area contributed by atoms with Crippen molar-refractivity contribution in [3.63, 3.8) is 0 Å². The van der Waals surface area contributed by atoms with Crippen molar-refractivity contribution in [3.05, 3.63) is 54.4 Å². The van der Waals surface area contributed by atoms with Gasteiger partial charge in [-0.05, 0) is 54.5 Å². The van der Waals surface area contributed by atoms with E-state index in [1.54, 1.807) is 12.4 Å². The molecule has 138 valence electrons. The van der Waals surface area contributed by atoms with Crippen LogP contribution in [0.15, 0.2) is 48.8 Å². The third-order valence-corrected chi connectivity index (χ3v) is 5.06. The number of nitrogens with one attached hydrogen (secondary N) is 1. The minimum atomic E-state index is -0.425. The van der Waals surface area contributed by atoms with E-state index in [4.69, 9.17) is 9.84 Å². The molecule has 2 N–H and O–H groups in total. The van der Waals surface area contributed by atoms with Crippen molar-refractivity contribution in [2.45, 2.75) is 25.7 Å². The normalized spacial score (nSPS) is 16.2. The molecule has 0 spiro atoms. The lowest BCUT2D eigenvalue weighted by Crippen LogP contribution is -2.46. The van der Waals surface area contributed by atoms with Crippen molar-refractivity contribution in [1.29, 1.82) is 0 Å². The second kappa shape index (κ2) is 8.92. The zero-order valence-corrected chi connectivity index (χ0v) is 15.0. The van der Waals surface area contributed by atoms with Gasteiger partial charge in [0.15, 0.2) is 0 Å². The first kappa shape index (κ1) is 18.5. The Morgan fingerprint density at radius 2 is 1.73 bits per heavy atom. The maximum Gasteiger partial charge on any atom is 0.226 e. The number of aromatic nitrogens is 1. The molecule has 26 heavy (non-hydrogen) atoms. The van der Waals surface area contributed by atoms with E-state index < -0.39 is 5.41 Å². The average molecular weight is 354 g/mol. The number of hydrogen-bond donors (Lipinski definition) is 2. The molecule has 0 saturated carbocycles. The molecule has 1 saturated heterocycles. The summed E-state index contributed by atoms with van der Waals surface area (Å²) in [6.45, 7) is 1.83. The minimum absolute atomic E-state index is 0.0764. The van der Waals surface area contributed by atoms with E-state index in [0.717, 1.165) is 29.5 Å². The van der Waals surface area contributed by atoms with Crippen LogP contribution in [0.3, 0.4) is 0 Å². The van der Waals surface area contributed by atoms with Crippen molar-refractivity contribution in [1.82, 2.24) is 10.3 Å². The molecule has 0 radical (unpaired) electrons. The van der Waals surface area contributed by atoms with Gasteiger partial charge in [0.25, 0.3) is 0 Å². The summed E-state index contributed by atoms with van der Waals surface area (Å²) in [4.78, 5) is 16.9. The second-order valence-electron chi connectivity index (χ2n) is 6.84. The molecule has 0 unspecified atom stereocenters. The topological polar surface area (TPSA) is 71.5 Å². The van der Waals surface area contributed by atoms with E-state index in [-0.39, 0.29) is 12.5 Å². The molecule has 1 aliphatic rings. The third-order valence-electron chi connectivity index (χ3n) is 5.06. The molecule has 5 nitrogen and oxygen atoms in total. The van der Waals surface area contributed by atoms with Crippen LogP contribution >= 0.6 is 0 Å². The Morgan fingerprint density at radius 1 is 1.08 bits per heavy atom. The van der Waals surface area contributed by atoms with Gasteiger partial charge in [-0.2, -0.15) is 0 Å². The predicted octanol–water partition coefficient (Wildman–Crippen LogP) is 2.59. The van der Waals surface area contributed by atoms with E-state index in [9.17, 15) is 4.79 Å². The van der Waals surface area contributed by atoms with Gasteiger partial charge >= 0.3 is 0 Å². The molecule has 1 amide bonds. The van der Waals surface area contributed by atoms with E-state index in [0.29, 0.717) is 32.6 Å². The number of pyridine rings is 1. The van der Waals surface area contributed by atoms with Crippen LogP contribution in [-0.4, -0.2) is 42.4 Å². The van der Waals surface area contributed by atoms with Crippen molar-refractivity contribution < 1.29 is 14.6 Å². The zero-order valence-electron chi connectivity index (χ0n) is 15.0. The van der Waals surface area contributed by atoms with Crippen molar-refractivity contribution in [2.24, 2.45) is 5.41 Å². The standard InChI is InChI=1S/C21H26N2O3/c24-13-1-10-23-20(25)21(8-14-26-15-9-21)16-17-2-4-18(5-3-17)19-6-11-22-12-7-19/h2-7,11-12,24H,1,8-10,13-16H2,(H,23,25). The number of benzene rings is 1. The fourth-order valence-electron chi connectivity index (χ4n) is 3.46. The fourth-order valence-corrected chi connectivity index (χ4v) is 3.46. The van der Waals surface area contributed by atoms with Crippen molar-refractivity contribution >= 4 is 5.91 Å². The highest BCUT2D eigenvalue weighted by atomic mass is 16.5. The van der Waals surface area contributed by atoms with Gasteiger partial charge in [0.05, 0.1) is 5.41 Å². The number of nitrogens with zero attached hydrogens (tertiary/aromatic N) is 1. The Labute approximate surface area is 154 Å². The monoisotopic (exact) mass is 354 g/mol. The predicted molar refractivity (Wildman–Crippen MR) is 101 cm³/mol. The lowest BCUT2D eigenvalue weighted by atomic mass is 9.74. The first-order chi connectivity index (χ1) is 12.7. The lowest BCUT2D eigenvalue weighted by molar-refractivity contribution is -0.136.